The second-order valence-corrected chi connectivity index (χ2v) is 3.85. The fraction of sp³-hybridized carbons (Fsp3) is 0.333. The van der Waals surface area contributed by atoms with Gasteiger partial charge in [-0.25, -0.2) is 9.59 Å². The minimum Gasteiger partial charge on any atom is -0.480 e. The van der Waals surface area contributed by atoms with Crippen molar-refractivity contribution in [2.45, 2.75) is 18.9 Å². The third-order valence-electron chi connectivity index (χ3n) is 2.39. The van der Waals surface area contributed by atoms with Gasteiger partial charge in [-0.1, -0.05) is 0 Å². The van der Waals surface area contributed by atoms with E-state index < -0.39 is 24.0 Å². The zero-order chi connectivity index (χ0) is 15.0. The van der Waals surface area contributed by atoms with Gasteiger partial charge < -0.3 is 20.5 Å². The summed E-state index contributed by atoms with van der Waals surface area (Å²) >= 11 is 0. The van der Waals surface area contributed by atoms with E-state index in [2.05, 4.69) is 20.4 Å². The highest BCUT2D eigenvalue weighted by molar-refractivity contribution is 5.92. The summed E-state index contributed by atoms with van der Waals surface area (Å²) < 4.78 is 4.41. The summed E-state index contributed by atoms with van der Waals surface area (Å²) in [5, 5.41) is 13.7. The van der Waals surface area contributed by atoms with Crippen LogP contribution in [0, 0.1) is 0 Å². The van der Waals surface area contributed by atoms with Gasteiger partial charge in [0.05, 0.1) is 19.0 Å². The number of carbonyl (C=O) groups is 3. The molecule has 0 radical (unpaired) electrons. The lowest BCUT2D eigenvalue weighted by Gasteiger charge is -2.14. The average molecular weight is 281 g/mol. The number of pyridine rings is 1. The van der Waals surface area contributed by atoms with E-state index in [0.29, 0.717) is 5.69 Å². The summed E-state index contributed by atoms with van der Waals surface area (Å²) in [6.07, 6.45) is 2.81. The fourth-order valence-electron chi connectivity index (χ4n) is 1.38. The summed E-state index contributed by atoms with van der Waals surface area (Å²) in [5.41, 5.74) is 0.433. The van der Waals surface area contributed by atoms with Crippen molar-refractivity contribution in [1.82, 2.24) is 10.3 Å². The molecule has 3 N–H and O–H groups in total. The second-order valence-electron chi connectivity index (χ2n) is 3.85. The van der Waals surface area contributed by atoms with Crippen LogP contribution in [0.2, 0.25) is 0 Å². The molecule has 1 aromatic heterocycles. The van der Waals surface area contributed by atoms with Crippen molar-refractivity contribution in [3.8, 4) is 0 Å². The van der Waals surface area contributed by atoms with Gasteiger partial charge >= 0.3 is 18.0 Å². The number of carboxylic acids is 1. The highest BCUT2D eigenvalue weighted by atomic mass is 16.5. The van der Waals surface area contributed by atoms with Crippen LogP contribution in [0.15, 0.2) is 24.5 Å². The molecule has 0 aliphatic carbocycles. The Morgan fingerprint density at radius 1 is 1.45 bits per heavy atom. The molecule has 8 heteroatoms. The number of amides is 2. The van der Waals surface area contributed by atoms with Crippen molar-refractivity contribution in [2.24, 2.45) is 0 Å². The van der Waals surface area contributed by atoms with E-state index in [-0.39, 0.29) is 12.8 Å². The van der Waals surface area contributed by atoms with E-state index in [1.165, 1.54) is 13.3 Å². The van der Waals surface area contributed by atoms with Crippen LogP contribution in [0.1, 0.15) is 12.8 Å². The van der Waals surface area contributed by atoms with Crippen molar-refractivity contribution in [3.05, 3.63) is 24.5 Å². The number of hydrogen-bond acceptors (Lipinski definition) is 5. The number of ether oxygens (including phenoxy) is 1. The molecule has 0 fully saturated rings. The molecule has 8 nitrogen and oxygen atoms in total. The predicted octanol–water partition coefficient (Wildman–Crippen LogP) is 0.609. The summed E-state index contributed by atoms with van der Waals surface area (Å²) in [5.74, 6) is -1.76. The zero-order valence-corrected chi connectivity index (χ0v) is 10.8. The third kappa shape index (κ3) is 5.34. The summed E-state index contributed by atoms with van der Waals surface area (Å²) in [7, 11) is 1.21. The van der Waals surface area contributed by atoms with Gasteiger partial charge in [0.2, 0.25) is 0 Å². The largest absolute Gasteiger partial charge is 0.480 e. The number of carbonyl (C=O) groups excluding carboxylic acids is 2. The molecule has 1 aromatic rings. The van der Waals surface area contributed by atoms with Crippen molar-refractivity contribution in [1.29, 1.82) is 0 Å². The predicted molar refractivity (Wildman–Crippen MR) is 69.1 cm³/mol. The van der Waals surface area contributed by atoms with Gasteiger partial charge in [0.25, 0.3) is 0 Å². The standard InChI is InChI=1S/C12H15N3O5/c1-20-10(16)5-4-9(11(17)18)15-12(19)14-8-3-2-6-13-7-8/h2-3,6-7,9H,4-5H2,1H3,(H,17,18)(H2,14,15,19)/t9-/m0/s1. The van der Waals surface area contributed by atoms with Crippen molar-refractivity contribution in [3.63, 3.8) is 0 Å². The number of anilines is 1. The maximum absolute atomic E-state index is 11.6. The molecule has 108 valence electrons. The number of methoxy groups -OCH3 is 1. The average Bonchev–Trinajstić information content (AvgIpc) is 2.43. The summed E-state index contributed by atoms with van der Waals surface area (Å²) in [4.78, 5) is 37.4. The molecule has 2 amide bonds. The fourth-order valence-corrected chi connectivity index (χ4v) is 1.38. The Balaban J connectivity index is 2.50. The molecular weight excluding hydrogens is 266 g/mol. The van der Waals surface area contributed by atoms with Crippen LogP contribution in [0.4, 0.5) is 10.5 Å². The van der Waals surface area contributed by atoms with Crippen LogP contribution >= 0.6 is 0 Å². The Kier molecular flexibility index (Phi) is 5.95. The minimum absolute atomic E-state index is 0.0531. The van der Waals surface area contributed by atoms with Crippen LogP contribution in [-0.4, -0.2) is 41.2 Å². The first-order valence-corrected chi connectivity index (χ1v) is 5.80. The molecule has 0 saturated carbocycles. The summed E-state index contributed by atoms with van der Waals surface area (Å²) in [6.45, 7) is 0. The van der Waals surface area contributed by atoms with E-state index in [9.17, 15) is 14.4 Å². The van der Waals surface area contributed by atoms with Crippen LogP contribution in [-0.2, 0) is 14.3 Å². The van der Waals surface area contributed by atoms with E-state index in [0.717, 1.165) is 0 Å². The minimum atomic E-state index is -1.23. The van der Waals surface area contributed by atoms with Crippen molar-refractivity contribution in [2.75, 3.05) is 12.4 Å². The molecule has 0 saturated heterocycles. The molecule has 0 unspecified atom stereocenters. The molecule has 1 rings (SSSR count). The molecule has 0 aromatic carbocycles. The monoisotopic (exact) mass is 281 g/mol. The molecule has 0 aliphatic rings. The topological polar surface area (TPSA) is 118 Å². The Morgan fingerprint density at radius 2 is 2.20 bits per heavy atom. The number of aliphatic carboxylic acids is 1. The molecule has 0 aliphatic heterocycles. The Hall–Kier alpha value is -2.64. The smallest absolute Gasteiger partial charge is 0.326 e. The maximum Gasteiger partial charge on any atom is 0.326 e. The van der Waals surface area contributed by atoms with Crippen LogP contribution in [0.5, 0.6) is 0 Å². The number of rotatable bonds is 6. The molecule has 0 spiro atoms. The second kappa shape index (κ2) is 7.72. The highest BCUT2D eigenvalue weighted by Gasteiger charge is 2.21. The van der Waals surface area contributed by atoms with E-state index in [4.69, 9.17) is 5.11 Å². The highest BCUT2D eigenvalue weighted by Crippen LogP contribution is 2.04. The van der Waals surface area contributed by atoms with Crippen molar-refractivity contribution < 1.29 is 24.2 Å². The lowest BCUT2D eigenvalue weighted by molar-refractivity contribution is -0.142. The van der Waals surface area contributed by atoms with E-state index in [1.54, 1.807) is 18.3 Å². The lowest BCUT2D eigenvalue weighted by Crippen LogP contribution is -2.43. The molecule has 1 atom stereocenters. The normalized spacial score (nSPS) is 11.2. The van der Waals surface area contributed by atoms with Gasteiger partial charge in [-0.3, -0.25) is 9.78 Å². The zero-order valence-electron chi connectivity index (χ0n) is 10.8. The number of urea groups is 1. The number of carboxylic acid groups (broad SMARTS) is 1. The quantitative estimate of drug-likeness (QED) is 0.657. The molecular formula is C12H15N3O5. The first-order chi connectivity index (χ1) is 9.52. The third-order valence-corrected chi connectivity index (χ3v) is 2.39. The van der Waals surface area contributed by atoms with Gasteiger partial charge in [-0.2, -0.15) is 0 Å². The van der Waals surface area contributed by atoms with Crippen LogP contribution in [0.3, 0.4) is 0 Å². The van der Waals surface area contributed by atoms with Gasteiger partial charge in [-0.05, 0) is 18.6 Å². The molecule has 1 heterocycles. The summed E-state index contributed by atoms with van der Waals surface area (Å²) in [6, 6.07) is 1.37. The molecule has 0 bridgehead atoms. The van der Waals surface area contributed by atoms with Gasteiger partial charge in [-0.15, -0.1) is 0 Å². The Bertz CT molecular complexity index is 477. The number of nitrogens with zero attached hydrogens (tertiary/aromatic N) is 1. The first kappa shape index (κ1) is 15.4. The number of esters is 1. The van der Waals surface area contributed by atoms with Gasteiger partial charge in [0.1, 0.15) is 6.04 Å². The Morgan fingerprint density at radius 3 is 2.75 bits per heavy atom. The number of hydrogen-bond donors (Lipinski definition) is 3. The van der Waals surface area contributed by atoms with Gasteiger partial charge in [0, 0.05) is 12.6 Å². The van der Waals surface area contributed by atoms with Gasteiger partial charge in [0.15, 0.2) is 0 Å². The maximum atomic E-state index is 11.6. The lowest BCUT2D eigenvalue weighted by atomic mass is 10.1. The van der Waals surface area contributed by atoms with Crippen LogP contribution < -0.4 is 10.6 Å². The van der Waals surface area contributed by atoms with E-state index in [1.807, 2.05) is 0 Å². The number of aromatic nitrogens is 1. The number of nitrogens with one attached hydrogen (secondary N) is 2. The van der Waals surface area contributed by atoms with Crippen LogP contribution in [0.25, 0.3) is 0 Å². The Labute approximate surface area is 115 Å². The van der Waals surface area contributed by atoms with E-state index >= 15 is 0 Å². The SMILES string of the molecule is COC(=O)CC[C@H](NC(=O)Nc1cccnc1)C(=O)O. The van der Waals surface area contributed by atoms with Crippen molar-refractivity contribution >= 4 is 23.7 Å². The molecule has 20 heavy (non-hydrogen) atoms. The first-order valence-electron chi connectivity index (χ1n) is 5.80.